The Morgan fingerprint density at radius 3 is 3.10 bits per heavy atom. The first-order chi connectivity index (χ1) is 9.78. The summed E-state index contributed by atoms with van der Waals surface area (Å²) >= 11 is 0. The van der Waals surface area contributed by atoms with Gasteiger partial charge in [-0.05, 0) is 38.5 Å². The van der Waals surface area contributed by atoms with E-state index in [9.17, 15) is 0 Å². The van der Waals surface area contributed by atoms with E-state index in [0.29, 0.717) is 11.8 Å². The second kappa shape index (κ2) is 8.50. The maximum atomic E-state index is 5.83. The summed E-state index contributed by atoms with van der Waals surface area (Å²) in [4.78, 5) is 7.97. The van der Waals surface area contributed by atoms with Crippen molar-refractivity contribution < 1.29 is 13.8 Å². The minimum absolute atomic E-state index is 0.150. The molecule has 112 valence electrons. The van der Waals surface area contributed by atoms with E-state index in [1.165, 1.54) is 6.33 Å². The Labute approximate surface area is 122 Å². The van der Waals surface area contributed by atoms with Gasteiger partial charge in [-0.1, -0.05) is 6.92 Å². The summed E-state index contributed by atoms with van der Waals surface area (Å²) in [5.41, 5.74) is 0. The van der Waals surface area contributed by atoms with Crippen LogP contribution in [0.25, 0.3) is 0 Å². The molecular weight excluding hydrogens is 275 g/mol. The third kappa shape index (κ3) is 5.31. The lowest BCUT2D eigenvalue weighted by Gasteiger charge is -2.14. The predicted octanol–water partition coefficient (Wildman–Crippen LogP) is 3.36. The van der Waals surface area contributed by atoms with Gasteiger partial charge in [0.25, 0.3) is 0 Å². The van der Waals surface area contributed by atoms with Gasteiger partial charge in [-0.2, -0.15) is 0 Å². The van der Waals surface area contributed by atoms with Crippen molar-refractivity contribution in [3.8, 4) is 5.88 Å². The van der Waals surface area contributed by atoms with E-state index in [0.717, 1.165) is 32.3 Å². The molecule has 20 heavy (non-hydrogen) atoms. The van der Waals surface area contributed by atoms with Crippen LogP contribution in [0, 0.1) is 5.92 Å². The van der Waals surface area contributed by atoms with E-state index in [1.54, 1.807) is 12.3 Å². The Morgan fingerprint density at radius 1 is 1.45 bits per heavy atom. The fourth-order valence-electron chi connectivity index (χ4n) is 2.16. The number of nitrogens with zero attached hydrogens (tertiary/aromatic N) is 2. The molecular formula is C14H23N2O3P. The summed E-state index contributed by atoms with van der Waals surface area (Å²) in [5.74, 6) is 1.23. The van der Waals surface area contributed by atoms with Crippen LogP contribution in [-0.2, 0) is 9.05 Å². The maximum Gasteiger partial charge on any atom is 0.216 e. The largest absolute Gasteiger partial charge is 0.474 e. The highest BCUT2D eigenvalue weighted by molar-refractivity contribution is 7.26. The van der Waals surface area contributed by atoms with Crippen LogP contribution >= 0.6 is 9.03 Å². The molecule has 3 unspecified atom stereocenters. The van der Waals surface area contributed by atoms with Crippen LogP contribution in [0.5, 0.6) is 5.88 Å². The average Bonchev–Trinajstić information content (AvgIpc) is 2.92. The lowest BCUT2D eigenvalue weighted by atomic mass is 10.1. The number of ether oxygens (including phenoxy) is 1. The topological polar surface area (TPSA) is 53.5 Å². The number of rotatable bonds is 8. The maximum absolute atomic E-state index is 5.83. The quantitative estimate of drug-likeness (QED) is 0.544. The molecule has 6 heteroatoms. The van der Waals surface area contributed by atoms with Crippen molar-refractivity contribution in [3.05, 3.63) is 18.6 Å². The van der Waals surface area contributed by atoms with Crippen LogP contribution in [0.3, 0.4) is 0 Å². The zero-order chi connectivity index (χ0) is 14.2. The molecule has 1 fully saturated rings. The summed E-state index contributed by atoms with van der Waals surface area (Å²) in [5, 5.41) is 0. The smallest absolute Gasteiger partial charge is 0.216 e. The van der Waals surface area contributed by atoms with Crippen LogP contribution in [0.2, 0.25) is 0 Å². The van der Waals surface area contributed by atoms with Gasteiger partial charge in [0.05, 0.1) is 12.7 Å². The fourth-order valence-corrected chi connectivity index (χ4v) is 2.86. The molecule has 0 bridgehead atoms. The van der Waals surface area contributed by atoms with Gasteiger partial charge in [-0.25, -0.2) is 9.97 Å². The van der Waals surface area contributed by atoms with E-state index in [-0.39, 0.29) is 21.2 Å². The summed E-state index contributed by atoms with van der Waals surface area (Å²) in [6, 6.07) is 1.80. The summed E-state index contributed by atoms with van der Waals surface area (Å²) in [6.45, 7) is 4.94. The Kier molecular flexibility index (Phi) is 6.64. The summed E-state index contributed by atoms with van der Waals surface area (Å²) < 4.78 is 17.0. The molecule has 1 saturated carbocycles. The molecule has 0 saturated heterocycles. The van der Waals surface area contributed by atoms with Gasteiger partial charge in [0.1, 0.15) is 12.4 Å². The van der Waals surface area contributed by atoms with Crippen molar-refractivity contribution in [2.75, 3.05) is 6.61 Å². The first kappa shape index (κ1) is 15.6. The van der Waals surface area contributed by atoms with E-state index in [2.05, 4.69) is 23.8 Å². The van der Waals surface area contributed by atoms with Crippen LogP contribution in [0.15, 0.2) is 18.6 Å². The fraction of sp³-hybridized carbons (Fsp3) is 0.714. The first-order valence-corrected chi connectivity index (χ1v) is 8.04. The Bertz CT molecular complexity index is 380. The molecule has 0 spiro atoms. The van der Waals surface area contributed by atoms with Gasteiger partial charge >= 0.3 is 0 Å². The van der Waals surface area contributed by atoms with E-state index < -0.39 is 0 Å². The molecule has 1 aliphatic carbocycles. The molecule has 0 radical (unpaired) electrons. The summed E-state index contributed by atoms with van der Waals surface area (Å²) in [6.07, 6.45) is 8.00. The van der Waals surface area contributed by atoms with Gasteiger partial charge in [0.2, 0.25) is 5.88 Å². The zero-order valence-electron chi connectivity index (χ0n) is 12.1. The van der Waals surface area contributed by atoms with Crippen molar-refractivity contribution in [1.29, 1.82) is 0 Å². The SMILES string of the molecule is CC[C@H](C)OPOCC1CCC(Oc2ccncn2)C1. The van der Waals surface area contributed by atoms with Crippen molar-refractivity contribution >= 4 is 9.03 Å². The highest BCUT2D eigenvalue weighted by atomic mass is 31.1. The van der Waals surface area contributed by atoms with Gasteiger partial charge in [0, 0.05) is 12.3 Å². The van der Waals surface area contributed by atoms with Crippen LogP contribution in [0.1, 0.15) is 39.5 Å². The zero-order valence-corrected chi connectivity index (χ0v) is 13.1. The third-order valence-electron chi connectivity index (χ3n) is 3.54. The molecule has 5 nitrogen and oxygen atoms in total. The van der Waals surface area contributed by atoms with Crippen LogP contribution < -0.4 is 4.74 Å². The molecule has 1 aromatic heterocycles. The lowest BCUT2D eigenvalue weighted by molar-refractivity contribution is 0.170. The van der Waals surface area contributed by atoms with Crippen molar-refractivity contribution in [2.45, 2.75) is 51.7 Å². The molecule has 4 atom stereocenters. The minimum Gasteiger partial charge on any atom is -0.474 e. The Balaban J connectivity index is 1.60. The Hall–Kier alpha value is -0.770. The number of hydrogen-bond acceptors (Lipinski definition) is 5. The highest BCUT2D eigenvalue weighted by Gasteiger charge is 2.26. The molecule has 0 N–H and O–H groups in total. The van der Waals surface area contributed by atoms with E-state index in [4.69, 9.17) is 13.8 Å². The van der Waals surface area contributed by atoms with Gasteiger partial charge in [0.15, 0.2) is 9.03 Å². The highest BCUT2D eigenvalue weighted by Crippen LogP contribution is 2.30. The summed E-state index contributed by atoms with van der Waals surface area (Å²) in [7, 11) is 0.150. The third-order valence-corrected chi connectivity index (χ3v) is 4.32. The minimum atomic E-state index is 0.150. The number of hydrogen-bond donors (Lipinski definition) is 0. The van der Waals surface area contributed by atoms with Crippen LogP contribution in [0.4, 0.5) is 0 Å². The predicted molar refractivity (Wildman–Crippen MR) is 78.9 cm³/mol. The standard InChI is InChI=1S/C14H23N2O3P/c1-3-11(2)19-20-17-9-12-4-5-13(8-12)18-14-6-7-15-10-16-14/h6-7,10-13,20H,3-5,8-9H2,1-2H3/t11-,12?,13?/m0/s1. The van der Waals surface area contributed by atoms with E-state index in [1.807, 2.05) is 0 Å². The van der Waals surface area contributed by atoms with Gasteiger partial charge in [-0.15, -0.1) is 0 Å². The molecule has 0 aliphatic heterocycles. The number of aromatic nitrogens is 2. The first-order valence-electron chi connectivity index (χ1n) is 7.23. The monoisotopic (exact) mass is 298 g/mol. The molecule has 1 aliphatic rings. The molecule has 0 amide bonds. The average molecular weight is 298 g/mol. The molecule has 1 aromatic rings. The van der Waals surface area contributed by atoms with E-state index >= 15 is 0 Å². The molecule has 1 heterocycles. The molecule has 0 aromatic carbocycles. The van der Waals surface area contributed by atoms with Gasteiger partial charge in [-0.3, -0.25) is 0 Å². The second-order valence-electron chi connectivity index (χ2n) is 5.20. The lowest BCUT2D eigenvalue weighted by Crippen LogP contribution is -2.14. The van der Waals surface area contributed by atoms with Gasteiger partial charge < -0.3 is 13.8 Å². The van der Waals surface area contributed by atoms with Crippen molar-refractivity contribution in [1.82, 2.24) is 9.97 Å². The second-order valence-corrected chi connectivity index (χ2v) is 5.89. The van der Waals surface area contributed by atoms with Crippen molar-refractivity contribution in [2.24, 2.45) is 5.92 Å². The molecule has 2 rings (SSSR count). The van der Waals surface area contributed by atoms with Crippen molar-refractivity contribution in [3.63, 3.8) is 0 Å². The normalized spacial score (nSPS) is 24.3. The Morgan fingerprint density at radius 2 is 2.35 bits per heavy atom. The van der Waals surface area contributed by atoms with Crippen LogP contribution in [-0.4, -0.2) is 28.8 Å².